The second-order valence-electron chi connectivity index (χ2n) is 3.95. The molecule has 2 nitrogen and oxygen atoms in total. The lowest BCUT2D eigenvalue weighted by molar-refractivity contribution is 0.811. The predicted molar refractivity (Wildman–Crippen MR) is 72.2 cm³/mol. The topological polar surface area (TPSA) is 17.8 Å². The third kappa shape index (κ3) is 2.33. The minimum absolute atomic E-state index is 0.489. The molecule has 1 heterocycles. The van der Waals surface area contributed by atoms with Crippen LogP contribution in [0.4, 0.5) is 0 Å². The van der Waals surface area contributed by atoms with Gasteiger partial charge in [0.15, 0.2) is 0 Å². The first-order valence-corrected chi connectivity index (χ1v) is 6.47. The molecule has 0 fully saturated rings. The normalized spacial score (nSPS) is 10.8. The van der Waals surface area contributed by atoms with Crippen LogP contribution in [-0.4, -0.2) is 9.78 Å². The average Bonchev–Trinajstić information content (AvgIpc) is 2.75. The van der Waals surface area contributed by atoms with Gasteiger partial charge in [0.1, 0.15) is 0 Å². The first-order chi connectivity index (χ1) is 8.17. The van der Waals surface area contributed by atoms with Crippen LogP contribution in [0.1, 0.15) is 23.7 Å². The van der Waals surface area contributed by atoms with Gasteiger partial charge in [-0.05, 0) is 31.0 Å². The summed E-state index contributed by atoms with van der Waals surface area (Å²) in [5, 5.41) is 5.13. The van der Waals surface area contributed by atoms with Crippen LogP contribution >= 0.6 is 23.2 Å². The number of hydrogen-bond acceptors (Lipinski definition) is 1. The second-order valence-corrected chi connectivity index (χ2v) is 4.62. The number of aromatic nitrogens is 2. The van der Waals surface area contributed by atoms with Crippen molar-refractivity contribution in [2.24, 2.45) is 0 Å². The van der Waals surface area contributed by atoms with E-state index in [4.69, 9.17) is 23.2 Å². The van der Waals surface area contributed by atoms with Crippen LogP contribution in [0.15, 0.2) is 24.4 Å². The van der Waals surface area contributed by atoms with Crippen molar-refractivity contribution in [1.29, 1.82) is 0 Å². The van der Waals surface area contributed by atoms with E-state index in [0.29, 0.717) is 5.88 Å². The van der Waals surface area contributed by atoms with Crippen LogP contribution in [0.25, 0.3) is 5.69 Å². The Kier molecular flexibility index (Phi) is 3.75. The minimum atomic E-state index is 0.489. The molecule has 1 aromatic carbocycles. The summed E-state index contributed by atoms with van der Waals surface area (Å²) >= 11 is 12.0. The van der Waals surface area contributed by atoms with Crippen molar-refractivity contribution >= 4 is 23.2 Å². The summed E-state index contributed by atoms with van der Waals surface area (Å²) in [6.07, 6.45) is 2.72. The number of aryl methyl sites for hydroxylation is 1. The lowest BCUT2D eigenvalue weighted by Gasteiger charge is -2.08. The molecule has 0 spiro atoms. The zero-order valence-electron chi connectivity index (χ0n) is 9.87. The van der Waals surface area contributed by atoms with Crippen molar-refractivity contribution in [1.82, 2.24) is 9.78 Å². The molecule has 0 radical (unpaired) electrons. The second kappa shape index (κ2) is 5.11. The molecule has 0 aliphatic carbocycles. The summed E-state index contributed by atoms with van der Waals surface area (Å²) in [7, 11) is 0. The van der Waals surface area contributed by atoms with E-state index < -0.39 is 0 Å². The molecule has 1 aromatic heterocycles. The molecular formula is C13H14Cl2N2. The molecule has 0 atom stereocenters. The Morgan fingerprint density at radius 2 is 2.12 bits per heavy atom. The molecule has 0 aliphatic heterocycles. The Bertz CT molecular complexity index is 532. The lowest BCUT2D eigenvalue weighted by Crippen LogP contribution is -2.02. The van der Waals surface area contributed by atoms with Crippen LogP contribution in [-0.2, 0) is 12.3 Å². The molecule has 0 unspecified atom stereocenters. The molecule has 17 heavy (non-hydrogen) atoms. The maximum Gasteiger partial charge on any atom is 0.0663 e. The zero-order chi connectivity index (χ0) is 12.4. The highest BCUT2D eigenvalue weighted by Crippen LogP contribution is 2.22. The van der Waals surface area contributed by atoms with E-state index in [9.17, 15) is 0 Å². The van der Waals surface area contributed by atoms with Gasteiger partial charge < -0.3 is 0 Å². The summed E-state index contributed by atoms with van der Waals surface area (Å²) < 4.78 is 1.91. The van der Waals surface area contributed by atoms with Crippen LogP contribution in [0.5, 0.6) is 0 Å². The molecule has 4 heteroatoms. The number of nitrogens with zero attached hydrogens (tertiary/aromatic N) is 2. The van der Waals surface area contributed by atoms with E-state index in [1.165, 1.54) is 0 Å². The number of benzene rings is 1. The van der Waals surface area contributed by atoms with Crippen molar-refractivity contribution in [3.05, 3.63) is 46.2 Å². The summed E-state index contributed by atoms with van der Waals surface area (Å²) in [5.74, 6) is 0.489. The molecule has 0 saturated heterocycles. The van der Waals surface area contributed by atoms with Gasteiger partial charge in [-0.15, -0.1) is 11.6 Å². The first-order valence-electron chi connectivity index (χ1n) is 5.55. The summed E-state index contributed by atoms with van der Waals surface area (Å²) in [6, 6.07) is 5.95. The third-order valence-electron chi connectivity index (χ3n) is 2.83. The number of rotatable bonds is 3. The van der Waals surface area contributed by atoms with Gasteiger partial charge in [0, 0.05) is 16.3 Å². The van der Waals surface area contributed by atoms with Crippen LogP contribution in [0.2, 0.25) is 5.02 Å². The Morgan fingerprint density at radius 3 is 2.71 bits per heavy atom. The highest BCUT2D eigenvalue weighted by molar-refractivity contribution is 6.31. The summed E-state index contributed by atoms with van der Waals surface area (Å²) in [5.41, 5.74) is 4.26. The molecule has 2 rings (SSSR count). The molecule has 2 aromatic rings. The molecule has 0 aliphatic rings. The number of alkyl halides is 1. The van der Waals surface area contributed by atoms with Crippen LogP contribution < -0.4 is 0 Å². The molecule has 90 valence electrons. The Hall–Kier alpha value is -0.990. The fourth-order valence-corrected chi connectivity index (χ4v) is 2.23. The monoisotopic (exact) mass is 268 g/mol. The smallest absolute Gasteiger partial charge is 0.0663 e. The SMILES string of the molecule is CCc1c(CCl)cnn1-c1ccc(C)c(Cl)c1. The number of hydrogen-bond donors (Lipinski definition) is 0. The highest BCUT2D eigenvalue weighted by atomic mass is 35.5. The van der Waals surface area contributed by atoms with Crippen LogP contribution in [0.3, 0.4) is 0 Å². The Balaban J connectivity index is 2.52. The van der Waals surface area contributed by atoms with E-state index in [1.807, 2.05) is 36.0 Å². The molecule has 0 N–H and O–H groups in total. The van der Waals surface area contributed by atoms with Crippen molar-refractivity contribution < 1.29 is 0 Å². The summed E-state index contributed by atoms with van der Waals surface area (Å²) in [6.45, 7) is 4.08. The fraction of sp³-hybridized carbons (Fsp3) is 0.308. The van der Waals surface area contributed by atoms with E-state index in [0.717, 1.165) is 34.0 Å². The van der Waals surface area contributed by atoms with Gasteiger partial charge >= 0.3 is 0 Å². The largest absolute Gasteiger partial charge is 0.237 e. The van der Waals surface area contributed by atoms with E-state index in [1.54, 1.807) is 0 Å². The predicted octanol–water partition coefficient (Wildman–Crippen LogP) is 4.14. The minimum Gasteiger partial charge on any atom is -0.237 e. The molecule has 0 saturated carbocycles. The first kappa shape index (κ1) is 12.5. The van der Waals surface area contributed by atoms with E-state index >= 15 is 0 Å². The Labute approximate surface area is 111 Å². The van der Waals surface area contributed by atoms with Gasteiger partial charge in [0.05, 0.1) is 17.8 Å². The van der Waals surface area contributed by atoms with Gasteiger partial charge in [-0.2, -0.15) is 5.10 Å². The van der Waals surface area contributed by atoms with Crippen molar-refractivity contribution in [3.63, 3.8) is 0 Å². The van der Waals surface area contributed by atoms with Crippen molar-refractivity contribution in [2.45, 2.75) is 26.1 Å². The summed E-state index contributed by atoms with van der Waals surface area (Å²) in [4.78, 5) is 0. The standard InChI is InChI=1S/C13H14Cl2N2/c1-3-13-10(7-14)8-16-17(13)11-5-4-9(2)12(15)6-11/h4-6,8H,3,7H2,1-2H3. The van der Waals surface area contributed by atoms with Gasteiger partial charge in [0.25, 0.3) is 0 Å². The van der Waals surface area contributed by atoms with Gasteiger partial charge in [0.2, 0.25) is 0 Å². The maximum atomic E-state index is 6.13. The fourth-order valence-electron chi connectivity index (χ4n) is 1.83. The maximum absolute atomic E-state index is 6.13. The molecule has 0 amide bonds. The van der Waals surface area contributed by atoms with Gasteiger partial charge in [-0.25, -0.2) is 4.68 Å². The van der Waals surface area contributed by atoms with Gasteiger partial charge in [-0.1, -0.05) is 24.6 Å². The highest BCUT2D eigenvalue weighted by Gasteiger charge is 2.10. The van der Waals surface area contributed by atoms with Gasteiger partial charge in [-0.3, -0.25) is 0 Å². The third-order valence-corrected chi connectivity index (χ3v) is 3.53. The van der Waals surface area contributed by atoms with Crippen molar-refractivity contribution in [2.75, 3.05) is 0 Å². The zero-order valence-corrected chi connectivity index (χ0v) is 11.4. The van der Waals surface area contributed by atoms with Crippen molar-refractivity contribution in [3.8, 4) is 5.69 Å². The lowest BCUT2D eigenvalue weighted by atomic mass is 10.2. The van der Waals surface area contributed by atoms with Crippen LogP contribution in [0, 0.1) is 6.92 Å². The molecular weight excluding hydrogens is 255 g/mol. The number of halogens is 2. The average molecular weight is 269 g/mol. The van der Waals surface area contributed by atoms with E-state index in [2.05, 4.69) is 12.0 Å². The Morgan fingerprint density at radius 1 is 1.35 bits per heavy atom. The van der Waals surface area contributed by atoms with E-state index in [-0.39, 0.29) is 0 Å². The molecule has 0 bridgehead atoms. The quantitative estimate of drug-likeness (QED) is 0.766.